The highest BCUT2D eigenvalue weighted by Gasteiger charge is 2.45. The van der Waals surface area contributed by atoms with Gasteiger partial charge in [-0.05, 0) is 12.5 Å². The summed E-state index contributed by atoms with van der Waals surface area (Å²) in [6, 6.07) is 1.33. The van der Waals surface area contributed by atoms with E-state index in [9.17, 15) is 14.7 Å². The van der Waals surface area contributed by atoms with Gasteiger partial charge in [-0.15, -0.1) is 0 Å². The number of likely N-dealkylation sites (tertiary alicyclic amines) is 1. The third-order valence-corrected chi connectivity index (χ3v) is 3.77. The van der Waals surface area contributed by atoms with Crippen LogP contribution in [0.25, 0.3) is 0 Å². The lowest BCUT2D eigenvalue weighted by Gasteiger charge is -2.27. The van der Waals surface area contributed by atoms with Gasteiger partial charge in [-0.1, -0.05) is 6.92 Å². The topological polar surface area (TPSA) is 84.7 Å². The van der Waals surface area contributed by atoms with Crippen LogP contribution in [0.4, 0.5) is 0 Å². The summed E-state index contributed by atoms with van der Waals surface area (Å²) in [6.45, 7) is 3.51. The number of amides is 1. The van der Waals surface area contributed by atoms with Crippen molar-refractivity contribution in [3.05, 3.63) is 18.0 Å². The lowest BCUT2D eigenvalue weighted by atomic mass is 9.97. The average Bonchev–Trinajstić information content (AvgIpc) is 3.01. The molecule has 1 aromatic heterocycles. The number of hydrogen-bond donors (Lipinski definition) is 1. The molecule has 1 amide bonds. The van der Waals surface area contributed by atoms with Gasteiger partial charge in [0.05, 0.1) is 24.3 Å². The lowest BCUT2D eigenvalue weighted by Crippen LogP contribution is -2.34. The van der Waals surface area contributed by atoms with Gasteiger partial charge in [0, 0.05) is 32.8 Å². The molecule has 0 bridgehead atoms. The van der Waals surface area contributed by atoms with E-state index in [2.05, 4.69) is 5.10 Å². The number of carboxylic acids is 1. The number of nitrogens with zero attached hydrogens (tertiary/aromatic N) is 3. The molecule has 1 fully saturated rings. The van der Waals surface area contributed by atoms with Crippen LogP contribution in [-0.2, 0) is 20.9 Å². The number of ether oxygens (including phenoxy) is 1. The van der Waals surface area contributed by atoms with Gasteiger partial charge in [0.1, 0.15) is 0 Å². The summed E-state index contributed by atoms with van der Waals surface area (Å²) in [4.78, 5) is 25.3. The average molecular weight is 295 g/mol. The summed E-state index contributed by atoms with van der Waals surface area (Å²) >= 11 is 0. The highest BCUT2D eigenvalue weighted by atomic mass is 16.5. The molecular weight excluding hydrogens is 274 g/mol. The molecule has 0 aliphatic carbocycles. The molecule has 7 nitrogen and oxygen atoms in total. The van der Waals surface area contributed by atoms with Crippen LogP contribution in [0.1, 0.15) is 31.5 Å². The van der Waals surface area contributed by atoms with Crippen LogP contribution < -0.4 is 0 Å². The number of carbonyl (C=O) groups is 2. The number of aromatic nitrogens is 2. The zero-order valence-corrected chi connectivity index (χ0v) is 12.4. The van der Waals surface area contributed by atoms with Gasteiger partial charge < -0.3 is 14.7 Å². The zero-order chi connectivity index (χ0) is 15.4. The second-order valence-electron chi connectivity index (χ2n) is 5.15. The van der Waals surface area contributed by atoms with Gasteiger partial charge in [-0.3, -0.25) is 14.3 Å². The molecule has 0 spiro atoms. The molecule has 2 heterocycles. The second kappa shape index (κ2) is 6.71. The molecule has 1 aromatic rings. The first-order chi connectivity index (χ1) is 10.1. The van der Waals surface area contributed by atoms with Crippen molar-refractivity contribution in [2.75, 3.05) is 20.3 Å². The Balaban J connectivity index is 2.34. The first kappa shape index (κ1) is 15.5. The predicted molar refractivity (Wildman–Crippen MR) is 74.6 cm³/mol. The fourth-order valence-corrected chi connectivity index (χ4v) is 2.82. The molecule has 2 atom stereocenters. The van der Waals surface area contributed by atoms with Crippen molar-refractivity contribution < 1.29 is 19.4 Å². The maximum absolute atomic E-state index is 12.1. The first-order valence-electron chi connectivity index (χ1n) is 7.13. The number of carboxylic acid groups (broad SMARTS) is 1. The number of aryl methyl sites for hydroxylation is 1. The summed E-state index contributed by atoms with van der Waals surface area (Å²) in [5.74, 6) is -1.83. The van der Waals surface area contributed by atoms with Gasteiger partial charge in [0.2, 0.25) is 5.91 Å². The van der Waals surface area contributed by atoms with Gasteiger partial charge in [0.25, 0.3) is 0 Å². The Morgan fingerprint density at radius 1 is 1.52 bits per heavy atom. The Bertz CT molecular complexity index is 514. The largest absolute Gasteiger partial charge is 0.481 e. The van der Waals surface area contributed by atoms with Crippen LogP contribution in [0, 0.1) is 5.92 Å². The number of hydrogen-bond acceptors (Lipinski definition) is 4. The Morgan fingerprint density at radius 3 is 2.90 bits per heavy atom. The highest BCUT2D eigenvalue weighted by molar-refractivity contribution is 5.87. The molecule has 2 rings (SSSR count). The van der Waals surface area contributed by atoms with Crippen molar-refractivity contribution in [2.24, 2.45) is 5.92 Å². The van der Waals surface area contributed by atoms with E-state index in [0.717, 1.165) is 12.1 Å². The monoisotopic (exact) mass is 295 g/mol. The predicted octanol–water partition coefficient (Wildman–Crippen LogP) is 0.914. The Hall–Kier alpha value is -1.89. The van der Waals surface area contributed by atoms with Gasteiger partial charge in [0.15, 0.2) is 0 Å². The van der Waals surface area contributed by atoms with Gasteiger partial charge in [-0.25, -0.2) is 0 Å². The maximum atomic E-state index is 12.1. The van der Waals surface area contributed by atoms with E-state index in [0.29, 0.717) is 19.7 Å². The minimum atomic E-state index is -0.947. The summed E-state index contributed by atoms with van der Waals surface area (Å²) in [7, 11) is 1.56. The van der Waals surface area contributed by atoms with Crippen molar-refractivity contribution in [1.29, 1.82) is 0 Å². The Kier molecular flexibility index (Phi) is 4.95. The lowest BCUT2D eigenvalue weighted by molar-refractivity contribution is -0.142. The number of carbonyl (C=O) groups excluding carboxylic acids is 1. The van der Waals surface area contributed by atoms with E-state index in [-0.39, 0.29) is 12.3 Å². The van der Waals surface area contributed by atoms with Crippen LogP contribution in [-0.4, -0.2) is 51.9 Å². The smallest absolute Gasteiger partial charge is 0.309 e. The molecule has 0 aromatic carbocycles. The molecule has 7 heteroatoms. The van der Waals surface area contributed by atoms with E-state index in [1.807, 2.05) is 6.92 Å². The SMILES string of the molecule is CCCn1nccc1C1C(C(=O)O)CC(=O)N1CCOC. The number of aliphatic carboxylic acids is 1. The van der Waals surface area contributed by atoms with Crippen molar-refractivity contribution in [2.45, 2.75) is 32.4 Å². The third kappa shape index (κ3) is 3.07. The molecule has 1 N–H and O–H groups in total. The molecule has 116 valence electrons. The third-order valence-electron chi connectivity index (χ3n) is 3.77. The Morgan fingerprint density at radius 2 is 2.29 bits per heavy atom. The normalized spacial score (nSPS) is 22.0. The van der Waals surface area contributed by atoms with Crippen LogP contribution in [0.3, 0.4) is 0 Å². The van der Waals surface area contributed by atoms with Crippen LogP contribution in [0.2, 0.25) is 0 Å². The minimum Gasteiger partial charge on any atom is -0.481 e. The first-order valence-corrected chi connectivity index (χ1v) is 7.13. The van der Waals surface area contributed by atoms with E-state index in [1.165, 1.54) is 0 Å². The molecule has 2 unspecified atom stereocenters. The van der Waals surface area contributed by atoms with Crippen LogP contribution in [0.15, 0.2) is 12.3 Å². The summed E-state index contributed by atoms with van der Waals surface area (Å²) in [6.07, 6.45) is 2.58. The van der Waals surface area contributed by atoms with Crippen molar-refractivity contribution >= 4 is 11.9 Å². The number of rotatable bonds is 7. The number of methoxy groups -OCH3 is 1. The fraction of sp³-hybridized carbons (Fsp3) is 0.643. The van der Waals surface area contributed by atoms with Gasteiger partial charge >= 0.3 is 5.97 Å². The molecule has 0 saturated carbocycles. The van der Waals surface area contributed by atoms with Crippen LogP contribution in [0.5, 0.6) is 0 Å². The molecule has 1 saturated heterocycles. The van der Waals surface area contributed by atoms with Gasteiger partial charge in [-0.2, -0.15) is 5.10 Å². The maximum Gasteiger partial charge on any atom is 0.309 e. The fourth-order valence-electron chi connectivity index (χ4n) is 2.82. The minimum absolute atomic E-state index is 0.0288. The van der Waals surface area contributed by atoms with Crippen molar-refractivity contribution in [3.8, 4) is 0 Å². The second-order valence-corrected chi connectivity index (χ2v) is 5.15. The van der Waals surface area contributed by atoms with E-state index >= 15 is 0 Å². The molecule has 21 heavy (non-hydrogen) atoms. The highest BCUT2D eigenvalue weighted by Crippen LogP contribution is 2.38. The molecular formula is C14H21N3O4. The van der Waals surface area contributed by atoms with E-state index < -0.39 is 17.9 Å². The van der Waals surface area contributed by atoms with Crippen LogP contribution >= 0.6 is 0 Å². The van der Waals surface area contributed by atoms with E-state index in [4.69, 9.17) is 4.74 Å². The standard InChI is InChI=1S/C14H21N3O4/c1-3-6-17-11(4-5-15-17)13-10(14(19)20)9-12(18)16(13)7-8-21-2/h4-5,10,13H,3,6-9H2,1-2H3,(H,19,20). The molecule has 0 radical (unpaired) electrons. The summed E-state index contributed by atoms with van der Waals surface area (Å²) in [5.41, 5.74) is 0.784. The molecule has 1 aliphatic rings. The molecule has 1 aliphatic heterocycles. The van der Waals surface area contributed by atoms with Crippen molar-refractivity contribution in [1.82, 2.24) is 14.7 Å². The zero-order valence-electron chi connectivity index (χ0n) is 12.4. The summed E-state index contributed by atoms with van der Waals surface area (Å²) < 4.78 is 6.82. The quantitative estimate of drug-likeness (QED) is 0.808. The Labute approximate surface area is 123 Å². The summed E-state index contributed by atoms with van der Waals surface area (Å²) in [5, 5.41) is 13.7. The van der Waals surface area contributed by atoms with Crippen molar-refractivity contribution in [3.63, 3.8) is 0 Å². The van der Waals surface area contributed by atoms with E-state index in [1.54, 1.807) is 29.0 Å².